The van der Waals surface area contributed by atoms with E-state index in [1.165, 1.54) is 6.07 Å². The van der Waals surface area contributed by atoms with E-state index in [1.807, 2.05) is 69.0 Å². The maximum Gasteiger partial charge on any atom is 0.410 e. The van der Waals surface area contributed by atoms with Crippen LogP contribution in [0.15, 0.2) is 79.1 Å². The van der Waals surface area contributed by atoms with Gasteiger partial charge in [0.15, 0.2) is 5.75 Å². The standard InChI is InChI=1S/C41H45F2N5O5/c1-25(26-15-17-47(18-16-26)40(50)53-41(2,3)4)52-28-20-44-38(45-21-28)48-22-34(33-19-27(42)13-14-36(33)43)37(23-48)46-39(49)51-24-35-31-11-7-5-9-29(31)30-10-6-8-12-32(30)35/h5-14,19-21,25-26,34-35,37H,15-18,22-24H2,1-4H3,(H,46,49)/t25-,34+,37-/m0/s1. The van der Waals surface area contributed by atoms with Crippen LogP contribution in [-0.4, -0.2) is 77.6 Å². The monoisotopic (exact) mass is 725 g/mol. The quantitative estimate of drug-likeness (QED) is 0.197. The molecule has 4 aromatic rings. The number of amides is 2. The third-order valence-electron chi connectivity index (χ3n) is 10.4. The van der Waals surface area contributed by atoms with Crippen LogP contribution in [0.2, 0.25) is 0 Å². The number of carbonyl (C=O) groups excluding carboxylic acids is 2. The minimum absolute atomic E-state index is 0.119. The number of anilines is 1. The van der Waals surface area contributed by atoms with Crippen molar-refractivity contribution in [2.24, 2.45) is 5.92 Å². The summed E-state index contributed by atoms with van der Waals surface area (Å²) in [6.45, 7) is 9.37. The van der Waals surface area contributed by atoms with Crippen LogP contribution in [0.5, 0.6) is 5.75 Å². The maximum absolute atomic E-state index is 15.1. The molecule has 10 nitrogen and oxygen atoms in total. The Hall–Kier alpha value is -5.26. The zero-order valence-electron chi connectivity index (χ0n) is 30.4. The third-order valence-corrected chi connectivity index (χ3v) is 10.4. The molecule has 0 bridgehead atoms. The van der Waals surface area contributed by atoms with E-state index in [2.05, 4.69) is 27.4 Å². The highest BCUT2D eigenvalue weighted by Gasteiger charge is 2.39. The molecule has 53 heavy (non-hydrogen) atoms. The Balaban J connectivity index is 0.989. The predicted molar refractivity (Wildman–Crippen MR) is 196 cm³/mol. The van der Waals surface area contributed by atoms with Gasteiger partial charge in [-0.2, -0.15) is 0 Å². The van der Waals surface area contributed by atoms with Gasteiger partial charge in [0, 0.05) is 38.0 Å². The van der Waals surface area contributed by atoms with E-state index in [0.717, 1.165) is 47.2 Å². The van der Waals surface area contributed by atoms with E-state index in [0.29, 0.717) is 24.8 Å². The lowest BCUT2D eigenvalue weighted by Gasteiger charge is -2.35. The number of rotatable bonds is 8. The predicted octanol–water partition coefficient (Wildman–Crippen LogP) is 7.68. The molecule has 2 saturated heterocycles. The molecule has 2 amide bonds. The molecule has 278 valence electrons. The summed E-state index contributed by atoms with van der Waals surface area (Å²) < 4.78 is 47.1. The molecular formula is C41H45F2N5O5. The van der Waals surface area contributed by atoms with Crippen LogP contribution >= 0.6 is 0 Å². The third kappa shape index (κ3) is 8.06. The van der Waals surface area contributed by atoms with Crippen molar-refractivity contribution >= 4 is 18.1 Å². The fourth-order valence-corrected chi connectivity index (χ4v) is 7.74. The first kappa shape index (κ1) is 36.1. The highest BCUT2D eigenvalue weighted by molar-refractivity contribution is 5.79. The van der Waals surface area contributed by atoms with Crippen molar-refractivity contribution in [3.8, 4) is 16.9 Å². The molecule has 0 spiro atoms. The second-order valence-electron chi connectivity index (χ2n) is 15.1. The summed E-state index contributed by atoms with van der Waals surface area (Å²) in [5, 5.41) is 2.94. The largest absolute Gasteiger partial charge is 0.487 e. The van der Waals surface area contributed by atoms with E-state index in [1.54, 1.807) is 17.3 Å². The molecule has 3 aliphatic rings. The number of piperidine rings is 1. The molecule has 3 atom stereocenters. The number of hydrogen-bond acceptors (Lipinski definition) is 8. The van der Waals surface area contributed by atoms with Crippen molar-refractivity contribution in [3.63, 3.8) is 0 Å². The number of halogens is 2. The van der Waals surface area contributed by atoms with E-state index in [9.17, 15) is 14.0 Å². The SMILES string of the molecule is C[C@H](Oc1cnc(N2C[C@H](NC(=O)OCC3c4ccccc4-c4ccccc43)[C@@H](c3cc(F)ccc3F)C2)nc1)C1CCN(C(=O)OC(C)(C)C)CC1. The Bertz CT molecular complexity index is 1900. The van der Waals surface area contributed by atoms with Crippen molar-refractivity contribution in [1.29, 1.82) is 0 Å². The molecule has 0 saturated carbocycles. The number of ether oxygens (including phenoxy) is 3. The van der Waals surface area contributed by atoms with Crippen molar-refractivity contribution in [2.75, 3.05) is 37.7 Å². The number of hydrogen-bond donors (Lipinski definition) is 1. The van der Waals surface area contributed by atoms with Crippen LogP contribution in [0.4, 0.5) is 24.3 Å². The minimum Gasteiger partial charge on any atom is -0.487 e. The zero-order chi connectivity index (χ0) is 37.3. The van der Waals surface area contributed by atoms with Crippen LogP contribution in [0, 0.1) is 17.6 Å². The second kappa shape index (κ2) is 15.0. The van der Waals surface area contributed by atoms with Crippen LogP contribution in [0.3, 0.4) is 0 Å². The molecule has 3 aromatic carbocycles. The van der Waals surface area contributed by atoms with Gasteiger partial charge in [-0.25, -0.2) is 28.3 Å². The molecule has 2 aliphatic heterocycles. The van der Waals surface area contributed by atoms with Crippen LogP contribution in [0.1, 0.15) is 69.1 Å². The summed E-state index contributed by atoms with van der Waals surface area (Å²) in [6, 6.07) is 18.9. The highest BCUT2D eigenvalue weighted by Crippen LogP contribution is 2.44. The van der Waals surface area contributed by atoms with Gasteiger partial charge in [-0.15, -0.1) is 0 Å². The lowest BCUT2D eigenvalue weighted by Crippen LogP contribution is -2.44. The van der Waals surface area contributed by atoms with Gasteiger partial charge in [0.2, 0.25) is 5.95 Å². The number of aromatic nitrogens is 2. The molecule has 0 unspecified atom stereocenters. The maximum atomic E-state index is 15.1. The van der Waals surface area contributed by atoms with E-state index < -0.39 is 35.3 Å². The summed E-state index contributed by atoms with van der Waals surface area (Å²) in [4.78, 5) is 38.5. The second-order valence-corrected chi connectivity index (χ2v) is 15.1. The molecule has 1 aliphatic carbocycles. The Morgan fingerprint density at radius 3 is 2.19 bits per heavy atom. The molecule has 12 heteroatoms. The Morgan fingerprint density at radius 1 is 0.906 bits per heavy atom. The summed E-state index contributed by atoms with van der Waals surface area (Å²) in [7, 11) is 0. The normalized spacial score (nSPS) is 19.4. The average Bonchev–Trinajstić information content (AvgIpc) is 3.70. The van der Waals surface area contributed by atoms with Gasteiger partial charge in [0.1, 0.15) is 23.8 Å². The first-order valence-electron chi connectivity index (χ1n) is 18.2. The van der Waals surface area contributed by atoms with Gasteiger partial charge in [0.25, 0.3) is 0 Å². The van der Waals surface area contributed by atoms with Gasteiger partial charge >= 0.3 is 12.2 Å². The highest BCUT2D eigenvalue weighted by atomic mass is 19.1. The molecule has 1 N–H and O–H groups in total. The number of benzene rings is 3. The minimum atomic E-state index is -0.642. The number of alkyl carbamates (subject to hydrolysis) is 1. The Labute approximate surface area is 308 Å². The number of nitrogens with zero attached hydrogens (tertiary/aromatic N) is 4. The topological polar surface area (TPSA) is 106 Å². The van der Waals surface area contributed by atoms with Crippen molar-refractivity contribution in [1.82, 2.24) is 20.2 Å². The average molecular weight is 726 g/mol. The number of nitrogens with one attached hydrogen (secondary N) is 1. The molecule has 3 heterocycles. The van der Waals surface area contributed by atoms with Crippen LogP contribution in [0.25, 0.3) is 11.1 Å². The Morgan fingerprint density at radius 2 is 1.55 bits per heavy atom. The van der Waals surface area contributed by atoms with Crippen molar-refractivity contribution < 1.29 is 32.6 Å². The van der Waals surface area contributed by atoms with Gasteiger partial charge in [-0.3, -0.25) is 0 Å². The summed E-state index contributed by atoms with van der Waals surface area (Å²) in [5.41, 5.74) is 4.05. The molecular weight excluding hydrogens is 680 g/mol. The fraction of sp³-hybridized carbons (Fsp3) is 0.415. The van der Waals surface area contributed by atoms with E-state index in [4.69, 9.17) is 14.2 Å². The summed E-state index contributed by atoms with van der Waals surface area (Å²) in [5.74, 6) is -0.747. The Kier molecular flexibility index (Phi) is 10.2. The molecule has 1 aromatic heterocycles. The smallest absolute Gasteiger partial charge is 0.410 e. The lowest BCUT2D eigenvalue weighted by atomic mass is 9.92. The summed E-state index contributed by atoms with van der Waals surface area (Å²) in [6.07, 6.45) is 3.68. The number of likely N-dealkylation sites (tertiary alicyclic amines) is 1. The van der Waals surface area contributed by atoms with Gasteiger partial charge < -0.3 is 29.3 Å². The molecule has 0 radical (unpaired) electrons. The molecule has 2 fully saturated rings. The van der Waals surface area contributed by atoms with Crippen molar-refractivity contribution in [3.05, 3.63) is 107 Å². The summed E-state index contributed by atoms with van der Waals surface area (Å²) >= 11 is 0. The number of fused-ring (bicyclic) bond motifs is 3. The van der Waals surface area contributed by atoms with Gasteiger partial charge in [0.05, 0.1) is 24.5 Å². The van der Waals surface area contributed by atoms with Crippen molar-refractivity contribution in [2.45, 2.75) is 70.1 Å². The fourth-order valence-electron chi connectivity index (χ4n) is 7.74. The van der Waals surface area contributed by atoms with E-state index in [-0.39, 0.29) is 49.3 Å². The lowest BCUT2D eigenvalue weighted by molar-refractivity contribution is 0.0121. The number of carbonyl (C=O) groups is 2. The van der Waals surface area contributed by atoms with E-state index >= 15 is 4.39 Å². The molecule has 7 rings (SSSR count). The zero-order valence-corrected chi connectivity index (χ0v) is 30.4. The van der Waals surface area contributed by atoms with Gasteiger partial charge in [-0.05, 0) is 92.5 Å². The first-order valence-corrected chi connectivity index (χ1v) is 18.2. The first-order chi connectivity index (χ1) is 25.4. The van der Waals surface area contributed by atoms with Crippen LogP contribution < -0.4 is 15.0 Å². The van der Waals surface area contributed by atoms with Crippen LogP contribution in [-0.2, 0) is 9.47 Å². The van der Waals surface area contributed by atoms with Gasteiger partial charge in [-0.1, -0.05) is 48.5 Å².